The van der Waals surface area contributed by atoms with E-state index in [-0.39, 0.29) is 12.4 Å². The van der Waals surface area contributed by atoms with Gasteiger partial charge in [-0.25, -0.2) is 0 Å². The molecule has 0 spiro atoms. The molecule has 0 aliphatic carbocycles. The molecule has 0 fully saturated rings. The molecule has 0 saturated carbocycles. The van der Waals surface area contributed by atoms with Gasteiger partial charge in [-0.1, -0.05) is 16.9 Å². The molecule has 2 aromatic heterocycles. The van der Waals surface area contributed by atoms with Crippen LogP contribution in [-0.4, -0.2) is 24.9 Å². The zero-order valence-electron chi connectivity index (χ0n) is 9.45. The summed E-state index contributed by atoms with van der Waals surface area (Å²) in [6.45, 7) is 2.14. The van der Waals surface area contributed by atoms with Gasteiger partial charge < -0.3 is 14.8 Å². The lowest BCUT2D eigenvalue weighted by atomic mass is 10.6. The SMILES string of the molecule is Cc1nc(CSc2nnc(CN)n2C)no1.Cl. The van der Waals surface area contributed by atoms with Crippen LogP contribution < -0.4 is 5.73 Å². The standard InChI is InChI=1S/C8H12N6OS.ClH/c1-5-10-6(13-15-5)4-16-8-12-11-7(3-9)14(8)2;/h3-4,9H2,1-2H3;1H. The van der Waals surface area contributed by atoms with Gasteiger partial charge in [0.05, 0.1) is 12.3 Å². The topological polar surface area (TPSA) is 95.7 Å². The molecule has 17 heavy (non-hydrogen) atoms. The van der Waals surface area contributed by atoms with E-state index in [0.29, 0.717) is 24.0 Å². The maximum absolute atomic E-state index is 5.50. The summed E-state index contributed by atoms with van der Waals surface area (Å²) < 4.78 is 6.73. The van der Waals surface area contributed by atoms with Gasteiger partial charge in [0.15, 0.2) is 11.0 Å². The van der Waals surface area contributed by atoms with E-state index in [1.165, 1.54) is 11.8 Å². The van der Waals surface area contributed by atoms with Crippen molar-refractivity contribution in [2.24, 2.45) is 12.8 Å². The van der Waals surface area contributed by atoms with E-state index in [4.69, 9.17) is 10.3 Å². The van der Waals surface area contributed by atoms with E-state index in [1.807, 2.05) is 11.6 Å². The Morgan fingerprint density at radius 3 is 2.71 bits per heavy atom. The average molecular weight is 277 g/mol. The molecule has 0 bridgehead atoms. The molecule has 0 aliphatic rings. The van der Waals surface area contributed by atoms with Crippen LogP contribution in [0, 0.1) is 6.92 Å². The van der Waals surface area contributed by atoms with Gasteiger partial charge in [0.2, 0.25) is 5.89 Å². The number of nitrogens with two attached hydrogens (primary N) is 1. The van der Waals surface area contributed by atoms with Crippen molar-refractivity contribution >= 4 is 24.2 Å². The first-order valence-electron chi connectivity index (χ1n) is 4.71. The first-order chi connectivity index (χ1) is 7.70. The van der Waals surface area contributed by atoms with Gasteiger partial charge >= 0.3 is 0 Å². The fourth-order valence-electron chi connectivity index (χ4n) is 1.18. The minimum absolute atomic E-state index is 0. The summed E-state index contributed by atoms with van der Waals surface area (Å²) in [4.78, 5) is 4.10. The fraction of sp³-hybridized carbons (Fsp3) is 0.500. The monoisotopic (exact) mass is 276 g/mol. The van der Waals surface area contributed by atoms with Crippen LogP contribution >= 0.6 is 24.2 Å². The number of aromatic nitrogens is 5. The Bertz CT molecular complexity index is 484. The average Bonchev–Trinajstić information content (AvgIpc) is 2.83. The summed E-state index contributed by atoms with van der Waals surface area (Å²) in [5, 5.41) is 12.6. The van der Waals surface area contributed by atoms with E-state index in [0.717, 1.165) is 11.0 Å². The van der Waals surface area contributed by atoms with Crippen LogP contribution in [0.15, 0.2) is 9.68 Å². The van der Waals surface area contributed by atoms with Crippen molar-refractivity contribution in [1.29, 1.82) is 0 Å². The molecule has 0 aromatic carbocycles. The fourth-order valence-corrected chi connectivity index (χ4v) is 1.95. The van der Waals surface area contributed by atoms with Gasteiger partial charge in [0.1, 0.15) is 5.82 Å². The first kappa shape index (κ1) is 13.9. The highest BCUT2D eigenvalue weighted by Gasteiger charge is 2.09. The van der Waals surface area contributed by atoms with Gasteiger partial charge in [-0.3, -0.25) is 0 Å². The Morgan fingerprint density at radius 1 is 1.41 bits per heavy atom. The highest BCUT2D eigenvalue weighted by Crippen LogP contribution is 2.19. The first-order valence-corrected chi connectivity index (χ1v) is 5.69. The van der Waals surface area contributed by atoms with Crippen LogP contribution in [0.1, 0.15) is 17.5 Å². The molecule has 2 N–H and O–H groups in total. The molecular formula is C8H13ClN6OS. The Labute approximate surface area is 109 Å². The summed E-state index contributed by atoms with van der Waals surface area (Å²) in [7, 11) is 1.88. The van der Waals surface area contributed by atoms with Gasteiger partial charge in [0.25, 0.3) is 0 Å². The van der Waals surface area contributed by atoms with Gasteiger partial charge in [-0.15, -0.1) is 22.6 Å². The maximum atomic E-state index is 5.50. The van der Waals surface area contributed by atoms with Crippen molar-refractivity contribution in [2.45, 2.75) is 24.4 Å². The third-order valence-corrected chi connectivity index (χ3v) is 3.02. The summed E-state index contributed by atoms with van der Waals surface area (Å²) in [5.41, 5.74) is 5.50. The van der Waals surface area contributed by atoms with Crippen molar-refractivity contribution in [3.63, 3.8) is 0 Å². The van der Waals surface area contributed by atoms with Gasteiger partial charge in [-0.05, 0) is 0 Å². The molecule has 2 heterocycles. The lowest BCUT2D eigenvalue weighted by Crippen LogP contribution is -2.05. The van der Waals surface area contributed by atoms with Crippen molar-refractivity contribution < 1.29 is 4.52 Å². The highest BCUT2D eigenvalue weighted by atomic mass is 35.5. The van der Waals surface area contributed by atoms with E-state index in [1.54, 1.807) is 6.92 Å². The zero-order valence-corrected chi connectivity index (χ0v) is 11.1. The molecule has 0 aliphatic heterocycles. The Kier molecular flexibility index (Phi) is 4.91. The number of halogens is 1. The molecule has 0 amide bonds. The molecule has 9 heteroatoms. The van der Waals surface area contributed by atoms with Crippen LogP contribution in [0.3, 0.4) is 0 Å². The third-order valence-electron chi connectivity index (χ3n) is 2.01. The Morgan fingerprint density at radius 2 is 2.18 bits per heavy atom. The second-order valence-corrected chi connectivity index (χ2v) is 4.12. The summed E-state index contributed by atoms with van der Waals surface area (Å²) in [6.07, 6.45) is 0. The minimum Gasteiger partial charge on any atom is -0.340 e. The predicted molar refractivity (Wildman–Crippen MR) is 64.7 cm³/mol. The predicted octanol–water partition coefficient (Wildman–Crippen LogP) is 0.679. The van der Waals surface area contributed by atoms with Crippen molar-refractivity contribution in [3.05, 3.63) is 17.5 Å². The Balaban J connectivity index is 0.00000144. The number of hydrogen-bond donors (Lipinski definition) is 1. The van der Waals surface area contributed by atoms with Crippen LogP contribution in [0.5, 0.6) is 0 Å². The summed E-state index contributed by atoms with van der Waals surface area (Å²) in [6, 6.07) is 0. The van der Waals surface area contributed by atoms with Crippen LogP contribution in [0.4, 0.5) is 0 Å². The molecule has 0 radical (unpaired) electrons. The van der Waals surface area contributed by atoms with Crippen molar-refractivity contribution in [2.75, 3.05) is 0 Å². The van der Waals surface area contributed by atoms with E-state index in [9.17, 15) is 0 Å². The highest BCUT2D eigenvalue weighted by molar-refractivity contribution is 7.98. The maximum Gasteiger partial charge on any atom is 0.223 e. The second kappa shape index (κ2) is 5.99. The van der Waals surface area contributed by atoms with E-state index < -0.39 is 0 Å². The summed E-state index contributed by atoms with van der Waals surface area (Å²) in [5.74, 6) is 2.58. The van der Waals surface area contributed by atoms with E-state index >= 15 is 0 Å². The zero-order chi connectivity index (χ0) is 11.5. The molecule has 94 valence electrons. The molecule has 0 saturated heterocycles. The number of nitrogens with zero attached hydrogens (tertiary/aromatic N) is 5. The number of thioether (sulfide) groups is 1. The minimum atomic E-state index is 0. The van der Waals surface area contributed by atoms with Crippen LogP contribution in [0.25, 0.3) is 0 Å². The number of aryl methyl sites for hydroxylation is 1. The van der Waals surface area contributed by atoms with Gasteiger partial charge in [0, 0.05) is 14.0 Å². The normalized spacial score (nSPS) is 10.3. The smallest absolute Gasteiger partial charge is 0.223 e. The number of hydrogen-bond acceptors (Lipinski definition) is 7. The van der Waals surface area contributed by atoms with Crippen LogP contribution in [-0.2, 0) is 19.3 Å². The second-order valence-electron chi connectivity index (χ2n) is 3.18. The largest absolute Gasteiger partial charge is 0.340 e. The molecule has 0 unspecified atom stereocenters. The molecule has 2 aromatic rings. The lowest BCUT2D eigenvalue weighted by Gasteiger charge is -1.99. The Hall–Kier alpha value is -1.12. The molecule has 2 rings (SSSR count). The third kappa shape index (κ3) is 3.18. The lowest BCUT2D eigenvalue weighted by molar-refractivity contribution is 0.389. The van der Waals surface area contributed by atoms with Gasteiger partial charge in [-0.2, -0.15) is 4.98 Å². The quantitative estimate of drug-likeness (QED) is 0.820. The van der Waals surface area contributed by atoms with Crippen molar-refractivity contribution in [3.8, 4) is 0 Å². The van der Waals surface area contributed by atoms with Crippen molar-refractivity contribution in [1.82, 2.24) is 24.9 Å². The molecule has 7 nitrogen and oxygen atoms in total. The number of rotatable bonds is 4. The van der Waals surface area contributed by atoms with Crippen LogP contribution in [0.2, 0.25) is 0 Å². The summed E-state index contributed by atoms with van der Waals surface area (Å²) >= 11 is 1.50. The molecular weight excluding hydrogens is 264 g/mol. The van der Waals surface area contributed by atoms with E-state index in [2.05, 4.69) is 20.3 Å². The molecule has 0 atom stereocenters.